The molecule has 7 nitrogen and oxygen atoms in total. The summed E-state index contributed by atoms with van der Waals surface area (Å²) in [4.78, 5) is 29.5. The first-order valence-corrected chi connectivity index (χ1v) is 17.3. The Kier molecular flexibility index (Phi) is 11.9. The van der Waals surface area contributed by atoms with E-state index < -0.39 is 16.1 Å². The molecule has 1 atom stereocenters. The molecule has 0 saturated heterocycles. The van der Waals surface area contributed by atoms with Crippen LogP contribution in [0.1, 0.15) is 56.1 Å². The highest BCUT2D eigenvalue weighted by Crippen LogP contribution is 2.31. The first kappa shape index (κ1) is 32.8. The average Bonchev–Trinajstić information content (AvgIpc) is 2.99. The van der Waals surface area contributed by atoms with Crippen LogP contribution in [0.2, 0.25) is 10.0 Å². The van der Waals surface area contributed by atoms with Crippen LogP contribution in [0.25, 0.3) is 0 Å². The number of hydrogen-bond donors (Lipinski definition) is 1. The number of sulfonamides is 1. The van der Waals surface area contributed by atoms with Gasteiger partial charge in [-0.3, -0.25) is 13.9 Å². The Hall–Kier alpha value is -3.07. The first-order chi connectivity index (χ1) is 20.6. The topological polar surface area (TPSA) is 86.8 Å². The third-order valence-corrected chi connectivity index (χ3v) is 9.48. The summed E-state index contributed by atoms with van der Waals surface area (Å²) in [5, 5.41) is 3.84. The van der Waals surface area contributed by atoms with Gasteiger partial charge in [0, 0.05) is 37.0 Å². The van der Waals surface area contributed by atoms with Crippen molar-refractivity contribution in [3.63, 3.8) is 0 Å². The number of nitrogens with one attached hydrogen (secondary N) is 1. The number of halogens is 2. The molecule has 0 aliphatic heterocycles. The van der Waals surface area contributed by atoms with Crippen molar-refractivity contribution in [1.82, 2.24) is 10.2 Å². The lowest BCUT2D eigenvalue weighted by Gasteiger charge is -2.34. The van der Waals surface area contributed by atoms with Gasteiger partial charge in [0.05, 0.1) is 17.0 Å². The van der Waals surface area contributed by atoms with Crippen LogP contribution >= 0.6 is 23.2 Å². The van der Waals surface area contributed by atoms with E-state index in [-0.39, 0.29) is 54.5 Å². The van der Waals surface area contributed by atoms with E-state index in [9.17, 15) is 18.0 Å². The molecule has 1 saturated carbocycles. The molecule has 1 fully saturated rings. The molecule has 1 aliphatic rings. The fourth-order valence-electron chi connectivity index (χ4n) is 5.54. The van der Waals surface area contributed by atoms with E-state index in [2.05, 4.69) is 5.32 Å². The van der Waals surface area contributed by atoms with E-state index in [1.165, 1.54) is 16.8 Å². The maximum atomic E-state index is 14.0. The van der Waals surface area contributed by atoms with Crippen molar-refractivity contribution in [3.8, 4) is 0 Å². The van der Waals surface area contributed by atoms with Crippen molar-refractivity contribution in [2.75, 3.05) is 17.1 Å². The van der Waals surface area contributed by atoms with Crippen molar-refractivity contribution < 1.29 is 18.0 Å². The summed E-state index contributed by atoms with van der Waals surface area (Å²) < 4.78 is 26.6. The van der Waals surface area contributed by atoms with Crippen LogP contribution in [0.4, 0.5) is 5.69 Å². The molecule has 0 radical (unpaired) electrons. The van der Waals surface area contributed by atoms with Crippen LogP contribution in [0.3, 0.4) is 0 Å². The molecule has 1 aliphatic carbocycles. The summed E-state index contributed by atoms with van der Waals surface area (Å²) in [6, 6.07) is 23.3. The van der Waals surface area contributed by atoms with Gasteiger partial charge < -0.3 is 10.2 Å². The van der Waals surface area contributed by atoms with Crippen LogP contribution in [0.15, 0.2) is 78.9 Å². The van der Waals surface area contributed by atoms with Gasteiger partial charge in [-0.1, -0.05) is 103 Å². The summed E-state index contributed by atoms with van der Waals surface area (Å²) in [5.74, 6) is -0.391. The number of carbonyl (C=O) groups excluding carboxylic acids is 2. The predicted molar refractivity (Wildman–Crippen MR) is 174 cm³/mol. The third-order valence-electron chi connectivity index (χ3n) is 7.75. The van der Waals surface area contributed by atoms with Crippen LogP contribution in [-0.2, 0) is 32.6 Å². The van der Waals surface area contributed by atoms with Gasteiger partial charge in [0.15, 0.2) is 0 Å². The molecule has 0 bridgehead atoms. The fraction of sp³-hybridized carbons (Fsp3) is 0.394. The van der Waals surface area contributed by atoms with Crippen molar-refractivity contribution >= 4 is 50.7 Å². The summed E-state index contributed by atoms with van der Waals surface area (Å²) in [7, 11) is -3.71. The molecule has 1 unspecified atom stereocenters. The van der Waals surface area contributed by atoms with Crippen LogP contribution in [-0.4, -0.2) is 50.0 Å². The van der Waals surface area contributed by atoms with E-state index in [0.717, 1.165) is 43.1 Å². The minimum absolute atomic E-state index is 0.0292. The maximum absolute atomic E-state index is 14.0. The Morgan fingerprint density at radius 1 is 0.907 bits per heavy atom. The van der Waals surface area contributed by atoms with E-state index in [1.54, 1.807) is 17.0 Å². The molecule has 0 heterocycles. The number of hydrogen-bond acceptors (Lipinski definition) is 4. The number of amides is 2. The van der Waals surface area contributed by atoms with E-state index in [0.29, 0.717) is 11.4 Å². The third kappa shape index (κ3) is 9.71. The minimum atomic E-state index is -3.71. The molecule has 3 aromatic rings. The molecule has 4 rings (SSSR count). The van der Waals surface area contributed by atoms with Gasteiger partial charge in [0.1, 0.15) is 6.04 Å². The van der Waals surface area contributed by atoms with Crippen molar-refractivity contribution in [2.45, 2.75) is 70.0 Å². The van der Waals surface area contributed by atoms with Gasteiger partial charge in [-0.15, -0.1) is 0 Å². The molecule has 0 aromatic heterocycles. The lowest BCUT2D eigenvalue weighted by atomic mass is 9.94. The van der Waals surface area contributed by atoms with E-state index in [4.69, 9.17) is 23.2 Å². The maximum Gasteiger partial charge on any atom is 0.243 e. The van der Waals surface area contributed by atoms with E-state index in [1.807, 2.05) is 60.7 Å². The van der Waals surface area contributed by atoms with E-state index >= 15 is 0 Å². The molecule has 10 heteroatoms. The second kappa shape index (κ2) is 15.6. The largest absolute Gasteiger partial charge is 0.352 e. The predicted octanol–water partition coefficient (Wildman–Crippen LogP) is 6.63. The molecule has 43 heavy (non-hydrogen) atoms. The quantitative estimate of drug-likeness (QED) is 0.227. The Bertz CT molecular complexity index is 1470. The highest BCUT2D eigenvalue weighted by atomic mass is 35.5. The van der Waals surface area contributed by atoms with Crippen LogP contribution < -0.4 is 9.62 Å². The SMILES string of the molecule is CS(=O)(=O)N(CCCC(=O)N(Cc1ccccc1)C(Cc1ccccc1)C(=O)NC1CCCCC1)c1cc(Cl)ccc1Cl. The number of carbonyl (C=O) groups is 2. The number of rotatable bonds is 13. The fourth-order valence-corrected chi connectivity index (χ4v) is 6.94. The highest BCUT2D eigenvalue weighted by molar-refractivity contribution is 7.92. The molecule has 3 aromatic carbocycles. The lowest BCUT2D eigenvalue weighted by molar-refractivity contribution is -0.141. The zero-order chi connectivity index (χ0) is 30.8. The summed E-state index contributed by atoms with van der Waals surface area (Å²) in [6.45, 7) is 0.284. The molecular formula is C33H39Cl2N3O4S. The van der Waals surface area contributed by atoms with Gasteiger partial charge in [0.25, 0.3) is 0 Å². The monoisotopic (exact) mass is 643 g/mol. The molecular weight excluding hydrogens is 605 g/mol. The summed E-state index contributed by atoms with van der Waals surface area (Å²) in [5.41, 5.74) is 2.12. The number of benzene rings is 3. The zero-order valence-corrected chi connectivity index (χ0v) is 26.8. The molecule has 2 amide bonds. The zero-order valence-electron chi connectivity index (χ0n) is 24.4. The Morgan fingerprint density at radius 2 is 1.53 bits per heavy atom. The number of anilines is 1. The Morgan fingerprint density at radius 3 is 2.16 bits per heavy atom. The van der Waals surface area contributed by atoms with Gasteiger partial charge in [-0.05, 0) is 48.6 Å². The van der Waals surface area contributed by atoms with Crippen molar-refractivity contribution in [2.24, 2.45) is 0 Å². The standard InChI is InChI=1S/C33H39Cl2N3O4S/c1-43(41,42)38(30-23-27(34)19-20-29(30)35)21-11-18-32(39)37(24-26-14-7-3-8-15-26)31(22-25-12-5-2-6-13-25)33(40)36-28-16-9-4-10-17-28/h2-3,5-8,12-15,19-20,23,28,31H,4,9-11,16-18,21-22,24H2,1H3,(H,36,40). The Balaban J connectivity index is 1.58. The summed E-state index contributed by atoms with van der Waals surface area (Å²) in [6.07, 6.45) is 6.92. The lowest BCUT2D eigenvalue weighted by Crippen LogP contribution is -2.52. The van der Waals surface area contributed by atoms with Gasteiger partial charge >= 0.3 is 0 Å². The Labute approximate surface area is 265 Å². The van der Waals surface area contributed by atoms with Crippen LogP contribution in [0.5, 0.6) is 0 Å². The smallest absolute Gasteiger partial charge is 0.243 e. The van der Waals surface area contributed by atoms with Crippen molar-refractivity contribution in [3.05, 3.63) is 100 Å². The minimum Gasteiger partial charge on any atom is -0.352 e. The highest BCUT2D eigenvalue weighted by Gasteiger charge is 2.32. The molecule has 0 spiro atoms. The molecule has 230 valence electrons. The normalized spacial score (nSPS) is 14.6. The van der Waals surface area contributed by atoms with Gasteiger partial charge in [-0.25, -0.2) is 8.42 Å². The summed E-state index contributed by atoms with van der Waals surface area (Å²) >= 11 is 12.5. The van der Waals surface area contributed by atoms with Gasteiger partial charge in [-0.2, -0.15) is 0 Å². The van der Waals surface area contributed by atoms with Crippen LogP contribution in [0, 0.1) is 0 Å². The number of nitrogens with zero attached hydrogens (tertiary/aromatic N) is 2. The molecule has 1 N–H and O–H groups in total. The van der Waals surface area contributed by atoms with Crippen molar-refractivity contribution in [1.29, 1.82) is 0 Å². The second-order valence-corrected chi connectivity index (χ2v) is 13.8. The first-order valence-electron chi connectivity index (χ1n) is 14.7. The second-order valence-electron chi connectivity index (χ2n) is 11.1. The van der Waals surface area contributed by atoms with Gasteiger partial charge in [0.2, 0.25) is 21.8 Å². The average molecular weight is 645 g/mol.